The van der Waals surface area contributed by atoms with E-state index < -0.39 is 22.1 Å². The number of methoxy groups -OCH3 is 1. The predicted molar refractivity (Wildman–Crippen MR) is 89.5 cm³/mol. The van der Waals surface area contributed by atoms with Gasteiger partial charge in [0.05, 0.1) is 24.2 Å². The van der Waals surface area contributed by atoms with E-state index in [1.54, 1.807) is 6.92 Å². The molecule has 0 fully saturated rings. The second-order valence-corrected chi connectivity index (χ2v) is 6.46. The molecule has 0 atom stereocenters. The van der Waals surface area contributed by atoms with Crippen molar-refractivity contribution in [3.63, 3.8) is 0 Å². The summed E-state index contributed by atoms with van der Waals surface area (Å²) in [5, 5.41) is 0. The highest BCUT2D eigenvalue weighted by Gasteiger charge is 2.19. The minimum atomic E-state index is -4.06. The Kier molecular flexibility index (Phi) is 6.12. The van der Waals surface area contributed by atoms with Crippen LogP contribution in [0.3, 0.4) is 0 Å². The van der Waals surface area contributed by atoms with Crippen LogP contribution in [0.5, 0.6) is 11.6 Å². The van der Waals surface area contributed by atoms with Crippen LogP contribution in [-0.4, -0.2) is 39.2 Å². The molecule has 138 valence electrons. The van der Waals surface area contributed by atoms with Gasteiger partial charge in [0.1, 0.15) is 5.75 Å². The van der Waals surface area contributed by atoms with Crippen LogP contribution in [0.2, 0.25) is 0 Å². The Morgan fingerprint density at radius 1 is 1.12 bits per heavy atom. The molecule has 0 aliphatic heterocycles. The molecule has 1 N–H and O–H groups in total. The number of amides is 1. The summed E-state index contributed by atoms with van der Waals surface area (Å²) >= 11 is 0. The van der Waals surface area contributed by atoms with Crippen molar-refractivity contribution in [3.05, 3.63) is 48.2 Å². The van der Waals surface area contributed by atoms with E-state index in [2.05, 4.69) is 9.72 Å². The maximum Gasteiger partial charge on any atom is 0.515 e. The zero-order chi connectivity index (χ0) is 19.2. The van der Waals surface area contributed by atoms with Crippen molar-refractivity contribution in [2.75, 3.05) is 13.7 Å². The van der Waals surface area contributed by atoms with Gasteiger partial charge in [-0.2, -0.15) is 0 Å². The second-order valence-electron chi connectivity index (χ2n) is 4.78. The van der Waals surface area contributed by atoms with E-state index in [1.165, 1.54) is 43.5 Å². The standard InChI is InChI=1S/C16H16N2O7S/c1-3-24-16(20)25-14-9-4-11(10-17-14)15(19)18-26(21,22)13-7-5-12(23-2)6-8-13/h4-10H,3H2,1-2H3,(H,18,19). The third-order valence-corrected chi connectivity index (χ3v) is 4.39. The van der Waals surface area contributed by atoms with Crippen LogP contribution in [0.1, 0.15) is 17.3 Å². The molecule has 10 heteroatoms. The largest absolute Gasteiger partial charge is 0.515 e. The number of carbonyl (C=O) groups excluding carboxylic acids is 2. The summed E-state index contributed by atoms with van der Waals surface area (Å²) in [7, 11) is -2.61. The molecule has 0 saturated heterocycles. The molecule has 1 aromatic carbocycles. The lowest BCUT2D eigenvalue weighted by Gasteiger charge is -2.08. The van der Waals surface area contributed by atoms with Gasteiger partial charge in [0.2, 0.25) is 5.88 Å². The first-order valence-electron chi connectivity index (χ1n) is 7.37. The number of benzene rings is 1. The van der Waals surface area contributed by atoms with E-state index in [4.69, 9.17) is 9.47 Å². The number of sulfonamides is 1. The summed E-state index contributed by atoms with van der Waals surface area (Å²) in [6, 6.07) is 8.04. The van der Waals surface area contributed by atoms with Crippen LogP contribution < -0.4 is 14.2 Å². The van der Waals surface area contributed by atoms with Crippen LogP contribution in [0.25, 0.3) is 0 Å². The summed E-state index contributed by atoms with van der Waals surface area (Å²) in [6.07, 6.45) is 0.146. The zero-order valence-electron chi connectivity index (χ0n) is 14.0. The maximum absolute atomic E-state index is 12.2. The van der Waals surface area contributed by atoms with Crippen molar-refractivity contribution in [1.29, 1.82) is 0 Å². The predicted octanol–water partition coefficient (Wildman–Crippen LogP) is 1.74. The molecule has 26 heavy (non-hydrogen) atoms. The first kappa shape index (κ1) is 19.2. The monoisotopic (exact) mass is 380 g/mol. The van der Waals surface area contributed by atoms with Gasteiger partial charge in [0.15, 0.2) is 0 Å². The smallest absolute Gasteiger partial charge is 0.497 e. The maximum atomic E-state index is 12.2. The molecular formula is C16H16N2O7S. The topological polar surface area (TPSA) is 121 Å². The highest BCUT2D eigenvalue weighted by atomic mass is 32.2. The van der Waals surface area contributed by atoms with Crippen molar-refractivity contribution in [2.45, 2.75) is 11.8 Å². The first-order chi connectivity index (χ1) is 12.4. The Bertz CT molecular complexity index is 878. The Hall–Kier alpha value is -3.14. The number of hydrogen-bond donors (Lipinski definition) is 1. The fraction of sp³-hybridized carbons (Fsp3) is 0.188. The molecule has 0 saturated carbocycles. The van der Waals surface area contributed by atoms with Crippen molar-refractivity contribution < 1.29 is 32.2 Å². The molecular weight excluding hydrogens is 364 g/mol. The number of nitrogens with one attached hydrogen (secondary N) is 1. The lowest BCUT2D eigenvalue weighted by molar-refractivity contribution is 0.0981. The molecule has 1 amide bonds. The third-order valence-electron chi connectivity index (χ3n) is 3.05. The van der Waals surface area contributed by atoms with E-state index in [0.717, 1.165) is 6.20 Å². The van der Waals surface area contributed by atoms with Gasteiger partial charge in [-0.1, -0.05) is 0 Å². The lowest BCUT2D eigenvalue weighted by Crippen LogP contribution is -2.30. The van der Waals surface area contributed by atoms with Crippen LogP contribution in [0.4, 0.5) is 4.79 Å². The van der Waals surface area contributed by atoms with Crippen molar-refractivity contribution in [3.8, 4) is 11.6 Å². The minimum absolute atomic E-state index is 0.0294. The number of carbonyl (C=O) groups is 2. The van der Waals surface area contributed by atoms with E-state index >= 15 is 0 Å². The lowest BCUT2D eigenvalue weighted by atomic mass is 10.3. The van der Waals surface area contributed by atoms with Gasteiger partial charge >= 0.3 is 6.16 Å². The van der Waals surface area contributed by atoms with Crippen LogP contribution in [0.15, 0.2) is 47.5 Å². The molecule has 0 bridgehead atoms. The van der Waals surface area contributed by atoms with Gasteiger partial charge in [-0.05, 0) is 37.3 Å². The quantitative estimate of drug-likeness (QED) is 0.752. The first-order valence-corrected chi connectivity index (χ1v) is 8.86. The minimum Gasteiger partial charge on any atom is -0.497 e. The van der Waals surface area contributed by atoms with Crippen LogP contribution in [0, 0.1) is 0 Å². The molecule has 0 aliphatic carbocycles. The molecule has 0 spiro atoms. The molecule has 1 heterocycles. The van der Waals surface area contributed by atoms with Gasteiger partial charge < -0.3 is 14.2 Å². The van der Waals surface area contributed by atoms with E-state index in [0.29, 0.717) is 5.75 Å². The van der Waals surface area contributed by atoms with E-state index in [-0.39, 0.29) is 22.9 Å². The summed E-state index contributed by atoms with van der Waals surface area (Å²) < 4.78 is 40.7. The average Bonchev–Trinajstić information content (AvgIpc) is 2.62. The fourth-order valence-electron chi connectivity index (χ4n) is 1.80. The number of hydrogen-bond acceptors (Lipinski definition) is 8. The normalized spacial score (nSPS) is 10.7. The summed E-state index contributed by atoms with van der Waals surface area (Å²) in [5.74, 6) is -0.481. The summed E-state index contributed by atoms with van der Waals surface area (Å²) in [4.78, 5) is 26.9. The highest BCUT2D eigenvalue weighted by Crippen LogP contribution is 2.16. The Balaban J connectivity index is 2.07. The second kappa shape index (κ2) is 8.30. The van der Waals surface area contributed by atoms with Gasteiger partial charge in [0, 0.05) is 12.3 Å². The molecule has 1 aromatic heterocycles. The fourth-order valence-corrected chi connectivity index (χ4v) is 2.78. The van der Waals surface area contributed by atoms with Gasteiger partial charge in [0.25, 0.3) is 15.9 Å². The molecule has 9 nitrogen and oxygen atoms in total. The third kappa shape index (κ3) is 4.93. The van der Waals surface area contributed by atoms with Crippen molar-refractivity contribution >= 4 is 22.1 Å². The van der Waals surface area contributed by atoms with Crippen LogP contribution in [-0.2, 0) is 14.8 Å². The molecule has 0 aliphatic rings. The number of rotatable bonds is 6. The Labute approximate surface area is 150 Å². The van der Waals surface area contributed by atoms with Crippen LogP contribution >= 0.6 is 0 Å². The van der Waals surface area contributed by atoms with E-state index in [1.807, 2.05) is 4.72 Å². The average molecular weight is 380 g/mol. The molecule has 2 aromatic rings. The van der Waals surface area contributed by atoms with Crippen molar-refractivity contribution in [2.24, 2.45) is 0 Å². The molecule has 0 unspecified atom stereocenters. The highest BCUT2D eigenvalue weighted by molar-refractivity contribution is 7.90. The van der Waals surface area contributed by atoms with Gasteiger partial charge in [-0.25, -0.2) is 22.9 Å². The van der Waals surface area contributed by atoms with Crippen molar-refractivity contribution in [1.82, 2.24) is 9.71 Å². The van der Waals surface area contributed by atoms with Gasteiger partial charge in [-0.3, -0.25) is 4.79 Å². The Morgan fingerprint density at radius 2 is 1.81 bits per heavy atom. The number of ether oxygens (including phenoxy) is 3. The number of pyridine rings is 1. The molecule has 0 radical (unpaired) electrons. The summed E-state index contributed by atoms with van der Waals surface area (Å²) in [5.41, 5.74) is -0.0294. The SMILES string of the molecule is CCOC(=O)Oc1ccc(C(=O)NS(=O)(=O)c2ccc(OC)cc2)cn1. The number of aromatic nitrogens is 1. The molecule has 2 rings (SSSR count). The Morgan fingerprint density at radius 3 is 2.35 bits per heavy atom. The summed E-state index contributed by atoms with van der Waals surface area (Å²) in [6.45, 7) is 1.76. The number of nitrogens with zero attached hydrogens (tertiary/aromatic N) is 1. The van der Waals surface area contributed by atoms with E-state index in [9.17, 15) is 18.0 Å². The van der Waals surface area contributed by atoms with Gasteiger partial charge in [-0.15, -0.1) is 0 Å². The zero-order valence-corrected chi connectivity index (χ0v) is 14.8.